The van der Waals surface area contributed by atoms with Crippen molar-refractivity contribution in [2.75, 3.05) is 17.6 Å². The summed E-state index contributed by atoms with van der Waals surface area (Å²) in [5.74, 6) is 1.25. The molecule has 0 radical (unpaired) electrons. The first-order valence-corrected chi connectivity index (χ1v) is 9.95. The molecular weight excluding hydrogens is 344 g/mol. The number of hydrogen-bond acceptors (Lipinski definition) is 5. The number of aryl methyl sites for hydroxylation is 1. The van der Waals surface area contributed by atoms with Gasteiger partial charge in [0.2, 0.25) is 0 Å². The number of hydrogen-bond donors (Lipinski definition) is 1. The molecule has 0 saturated heterocycles. The van der Waals surface area contributed by atoms with Gasteiger partial charge in [0.15, 0.2) is 5.82 Å². The van der Waals surface area contributed by atoms with Gasteiger partial charge in [0.1, 0.15) is 5.03 Å². The molecule has 0 spiro atoms. The molecule has 1 heterocycles. The van der Waals surface area contributed by atoms with Gasteiger partial charge in [-0.3, -0.25) is 9.69 Å². The molecule has 0 aliphatic rings. The molecule has 0 aliphatic carbocycles. The Morgan fingerprint density at radius 2 is 1.69 bits per heavy atom. The normalized spacial score (nSPS) is 11.4. The number of carbonyl (C=O) groups is 1. The molecule has 2 aromatic rings. The van der Waals surface area contributed by atoms with Crippen molar-refractivity contribution in [2.45, 2.75) is 51.7 Å². The molecule has 1 N–H and O–H groups in total. The Bertz CT molecular complexity index is 691. The minimum Gasteiger partial charge on any atom is -0.305 e. The highest BCUT2D eigenvalue weighted by molar-refractivity contribution is 7.99. The summed E-state index contributed by atoms with van der Waals surface area (Å²) >= 11 is 1.68. The van der Waals surface area contributed by atoms with Crippen molar-refractivity contribution < 1.29 is 4.79 Å². The third-order valence-electron chi connectivity index (χ3n) is 4.12. The number of anilines is 1. The number of rotatable bonds is 8. The van der Waals surface area contributed by atoms with Crippen LogP contribution in [-0.2, 0) is 0 Å². The fraction of sp³-hybridized carbons (Fsp3) is 0.450. The van der Waals surface area contributed by atoms with Gasteiger partial charge >= 0.3 is 0 Å². The summed E-state index contributed by atoms with van der Waals surface area (Å²) in [6, 6.07) is 12.2. The number of benzene rings is 1. The van der Waals surface area contributed by atoms with E-state index in [1.807, 2.05) is 25.1 Å². The van der Waals surface area contributed by atoms with E-state index in [9.17, 15) is 4.79 Å². The highest BCUT2D eigenvalue weighted by Crippen LogP contribution is 2.17. The van der Waals surface area contributed by atoms with Crippen LogP contribution >= 0.6 is 11.8 Å². The summed E-state index contributed by atoms with van der Waals surface area (Å²) in [4.78, 5) is 14.7. The van der Waals surface area contributed by atoms with Gasteiger partial charge in [-0.1, -0.05) is 17.7 Å². The second kappa shape index (κ2) is 9.69. The van der Waals surface area contributed by atoms with E-state index < -0.39 is 0 Å². The molecule has 1 aromatic carbocycles. The third-order valence-corrected chi connectivity index (χ3v) is 5.02. The van der Waals surface area contributed by atoms with E-state index in [-0.39, 0.29) is 5.91 Å². The van der Waals surface area contributed by atoms with Crippen LogP contribution in [0, 0.1) is 6.92 Å². The summed E-state index contributed by atoms with van der Waals surface area (Å²) in [7, 11) is 0. The van der Waals surface area contributed by atoms with Crippen LogP contribution in [-0.4, -0.2) is 45.4 Å². The van der Waals surface area contributed by atoms with Crippen LogP contribution in [0.5, 0.6) is 0 Å². The van der Waals surface area contributed by atoms with E-state index in [0.717, 1.165) is 22.9 Å². The molecule has 1 aromatic heterocycles. The molecule has 2 rings (SSSR count). The van der Waals surface area contributed by atoms with Crippen LogP contribution in [0.3, 0.4) is 0 Å². The van der Waals surface area contributed by atoms with E-state index >= 15 is 0 Å². The first kappa shape index (κ1) is 20.4. The summed E-state index contributed by atoms with van der Waals surface area (Å²) in [5.41, 5.74) is 1.73. The summed E-state index contributed by atoms with van der Waals surface area (Å²) in [6.07, 6.45) is 0. The zero-order valence-corrected chi connectivity index (χ0v) is 17.0. The molecular formula is C20H28N4OS. The summed E-state index contributed by atoms with van der Waals surface area (Å²) in [5, 5.41) is 12.0. The van der Waals surface area contributed by atoms with Gasteiger partial charge in [0.25, 0.3) is 5.91 Å². The first-order valence-electron chi connectivity index (χ1n) is 8.97. The summed E-state index contributed by atoms with van der Waals surface area (Å²) < 4.78 is 0. The Kier molecular flexibility index (Phi) is 7.60. The fourth-order valence-electron chi connectivity index (χ4n) is 2.73. The Morgan fingerprint density at radius 3 is 2.23 bits per heavy atom. The number of aromatic nitrogens is 2. The zero-order valence-electron chi connectivity index (χ0n) is 16.2. The van der Waals surface area contributed by atoms with Crippen molar-refractivity contribution in [1.82, 2.24) is 15.1 Å². The van der Waals surface area contributed by atoms with Gasteiger partial charge in [-0.2, -0.15) is 0 Å². The summed E-state index contributed by atoms with van der Waals surface area (Å²) in [6.45, 7) is 11.9. The maximum Gasteiger partial charge on any atom is 0.256 e. The molecule has 0 aliphatic heterocycles. The van der Waals surface area contributed by atoms with E-state index in [1.165, 1.54) is 0 Å². The van der Waals surface area contributed by atoms with Crippen molar-refractivity contribution in [3.05, 3.63) is 47.5 Å². The monoisotopic (exact) mass is 372 g/mol. The second-order valence-corrected chi connectivity index (χ2v) is 7.97. The second-order valence-electron chi connectivity index (χ2n) is 6.85. The van der Waals surface area contributed by atoms with Crippen LogP contribution in [0.25, 0.3) is 0 Å². The smallest absolute Gasteiger partial charge is 0.256 e. The quantitative estimate of drug-likeness (QED) is 0.702. The van der Waals surface area contributed by atoms with Crippen LogP contribution in [0.15, 0.2) is 41.4 Å². The van der Waals surface area contributed by atoms with Crippen molar-refractivity contribution >= 4 is 23.5 Å². The Hall–Kier alpha value is -1.92. The van der Waals surface area contributed by atoms with E-state index in [2.05, 4.69) is 48.1 Å². The van der Waals surface area contributed by atoms with Crippen molar-refractivity contribution in [3.63, 3.8) is 0 Å². The highest BCUT2D eigenvalue weighted by Gasteiger charge is 2.13. The topological polar surface area (TPSA) is 58.1 Å². The third kappa shape index (κ3) is 6.11. The number of nitrogens with zero attached hydrogens (tertiary/aromatic N) is 3. The lowest BCUT2D eigenvalue weighted by molar-refractivity contribution is 0.102. The van der Waals surface area contributed by atoms with Gasteiger partial charge < -0.3 is 5.32 Å². The lowest BCUT2D eigenvalue weighted by atomic mass is 10.1. The average molecular weight is 373 g/mol. The lowest BCUT2D eigenvalue weighted by Gasteiger charge is -2.30. The highest BCUT2D eigenvalue weighted by atomic mass is 32.2. The van der Waals surface area contributed by atoms with Gasteiger partial charge in [0, 0.05) is 29.9 Å². The van der Waals surface area contributed by atoms with Gasteiger partial charge in [-0.25, -0.2) is 0 Å². The number of amides is 1. The minimum atomic E-state index is -0.177. The molecule has 0 saturated carbocycles. The molecule has 5 nitrogen and oxygen atoms in total. The molecule has 6 heteroatoms. The number of nitrogens with one attached hydrogen (secondary N) is 1. The number of carbonyl (C=O) groups excluding carboxylic acids is 1. The van der Waals surface area contributed by atoms with E-state index in [4.69, 9.17) is 0 Å². The van der Waals surface area contributed by atoms with E-state index in [0.29, 0.717) is 23.5 Å². The van der Waals surface area contributed by atoms with Crippen LogP contribution < -0.4 is 5.32 Å². The number of thioether (sulfide) groups is 1. The molecule has 0 fully saturated rings. The van der Waals surface area contributed by atoms with Crippen molar-refractivity contribution in [3.8, 4) is 0 Å². The lowest BCUT2D eigenvalue weighted by Crippen LogP contribution is -2.38. The van der Waals surface area contributed by atoms with Crippen LogP contribution in [0.2, 0.25) is 0 Å². The first-order chi connectivity index (χ1) is 12.4. The average Bonchev–Trinajstić information content (AvgIpc) is 2.60. The van der Waals surface area contributed by atoms with Crippen LogP contribution in [0.1, 0.15) is 43.6 Å². The Balaban J connectivity index is 1.86. The standard InChI is InChI=1S/C20H28N4OS/c1-14(2)24(15(3)4)12-13-26-19-11-10-18(22-23-19)21-20(25)17-8-6-16(5)7-9-17/h6-11,14-15H,12-13H2,1-5H3,(H,21,22,25). The van der Waals surface area contributed by atoms with Gasteiger partial charge in [0.05, 0.1) is 0 Å². The largest absolute Gasteiger partial charge is 0.305 e. The minimum absolute atomic E-state index is 0.177. The Labute approximate surface area is 160 Å². The predicted molar refractivity (Wildman–Crippen MR) is 109 cm³/mol. The Morgan fingerprint density at radius 1 is 1.04 bits per heavy atom. The van der Waals surface area contributed by atoms with Gasteiger partial charge in [-0.15, -0.1) is 22.0 Å². The molecule has 0 bridgehead atoms. The molecule has 26 heavy (non-hydrogen) atoms. The van der Waals surface area contributed by atoms with Crippen molar-refractivity contribution in [2.24, 2.45) is 0 Å². The molecule has 1 amide bonds. The van der Waals surface area contributed by atoms with Gasteiger partial charge in [-0.05, 0) is 58.9 Å². The fourth-order valence-corrected chi connectivity index (χ4v) is 3.50. The maximum atomic E-state index is 12.2. The molecule has 140 valence electrons. The SMILES string of the molecule is Cc1ccc(C(=O)Nc2ccc(SCCN(C(C)C)C(C)C)nn2)cc1. The molecule has 0 unspecified atom stereocenters. The zero-order chi connectivity index (χ0) is 19.1. The van der Waals surface area contributed by atoms with Crippen molar-refractivity contribution in [1.29, 1.82) is 0 Å². The predicted octanol–water partition coefficient (Wildman–Crippen LogP) is 4.25. The molecule has 0 atom stereocenters. The van der Waals surface area contributed by atoms with Crippen LogP contribution in [0.4, 0.5) is 5.82 Å². The van der Waals surface area contributed by atoms with E-state index in [1.54, 1.807) is 30.0 Å². The maximum absolute atomic E-state index is 12.2.